The van der Waals surface area contributed by atoms with Crippen LogP contribution in [0.15, 0.2) is 47.8 Å². The van der Waals surface area contributed by atoms with Gasteiger partial charge in [-0.2, -0.15) is 0 Å². The number of amides is 1. The molecule has 0 saturated heterocycles. The molecule has 1 heterocycles. The molecule has 1 N–H and O–H groups in total. The van der Waals surface area contributed by atoms with Crippen molar-refractivity contribution in [3.8, 4) is 5.75 Å². The van der Waals surface area contributed by atoms with Crippen molar-refractivity contribution >= 4 is 17.2 Å². The quantitative estimate of drug-likeness (QED) is 0.898. The Morgan fingerprint density at radius 2 is 2.06 bits per heavy atom. The summed E-state index contributed by atoms with van der Waals surface area (Å²) in [6.07, 6.45) is 0. The van der Waals surface area contributed by atoms with Crippen LogP contribution in [0.2, 0.25) is 0 Å². The summed E-state index contributed by atoms with van der Waals surface area (Å²) in [6.45, 7) is 2.01. The molecule has 1 aromatic heterocycles. The van der Waals surface area contributed by atoms with Gasteiger partial charge in [0.15, 0.2) is 6.61 Å². The van der Waals surface area contributed by atoms with Crippen LogP contribution in [0.4, 0.5) is 0 Å². The summed E-state index contributed by atoms with van der Waals surface area (Å²) in [5.41, 5.74) is 0. The van der Waals surface area contributed by atoms with Gasteiger partial charge in [0.05, 0.1) is 6.04 Å². The molecule has 94 valence electrons. The Balaban J connectivity index is 1.79. The summed E-state index contributed by atoms with van der Waals surface area (Å²) in [6, 6.07) is 13.3. The molecule has 2 rings (SSSR count). The van der Waals surface area contributed by atoms with E-state index in [4.69, 9.17) is 4.74 Å². The number of benzene rings is 1. The van der Waals surface area contributed by atoms with Crippen molar-refractivity contribution in [2.75, 3.05) is 6.61 Å². The molecule has 0 radical (unpaired) electrons. The maximum absolute atomic E-state index is 11.7. The van der Waals surface area contributed by atoms with Gasteiger partial charge in [-0.3, -0.25) is 4.79 Å². The molecule has 4 heteroatoms. The monoisotopic (exact) mass is 261 g/mol. The molecule has 0 fully saturated rings. The highest BCUT2D eigenvalue weighted by Gasteiger charge is 2.10. The molecule has 1 aromatic carbocycles. The van der Waals surface area contributed by atoms with Crippen LogP contribution in [0.1, 0.15) is 17.8 Å². The molecule has 0 aliphatic heterocycles. The van der Waals surface area contributed by atoms with Gasteiger partial charge in [0.1, 0.15) is 5.75 Å². The predicted octanol–water partition coefficient (Wildman–Crippen LogP) is 3.00. The number of carbonyl (C=O) groups excluding carboxylic acids is 1. The van der Waals surface area contributed by atoms with E-state index >= 15 is 0 Å². The van der Waals surface area contributed by atoms with Crippen LogP contribution in [-0.4, -0.2) is 12.5 Å². The van der Waals surface area contributed by atoms with Crippen LogP contribution < -0.4 is 10.1 Å². The summed E-state index contributed by atoms with van der Waals surface area (Å²) >= 11 is 1.63. The zero-order valence-electron chi connectivity index (χ0n) is 10.1. The zero-order valence-corrected chi connectivity index (χ0v) is 10.9. The second kappa shape index (κ2) is 6.21. The highest BCUT2D eigenvalue weighted by atomic mass is 32.1. The number of ether oxygens (including phenoxy) is 1. The number of carbonyl (C=O) groups is 1. The molecule has 0 aliphatic carbocycles. The molecular weight excluding hydrogens is 246 g/mol. The van der Waals surface area contributed by atoms with Crippen molar-refractivity contribution in [3.63, 3.8) is 0 Å². The second-order valence-corrected chi connectivity index (χ2v) is 4.89. The van der Waals surface area contributed by atoms with Gasteiger partial charge < -0.3 is 10.1 Å². The van der Waals surface area contributed by atoms with Gasteiger partial charge in [0.2, 0.25) is 0 Å². The third-order valence-corrected chi connectivity index (χ3v) is 3.52. The molecule has 1 amide bonds. The summed E-state index contributed by atoms with van der Waals surface area (Å²) in [5, 5.41) is 4.90. The SMILES string of the molecule is CC(NC(=O)COc1ccccc1)c1cccs1. The summed E-state index contributed by atoms with van der Waals surface area (Å²) in [5.74, 6) is 0.594. The van der Waals surface area contributed by atoms with Gasteiger partial charge in [-0.1, -0.05) is 24.3 Å². The summed E-state index contributed by atoms with van der Waals surface area (Å²) in [7, 11) is 0. The fraction of sp³-hybridized carbons (Fsp3) is 0.214. The molecule has 3 nitrogen and oxygen atoms in total. The van der Waals surface area contributed by atoms with E-state index in [9.17, 15) is 4.79 Å². The van der Waals surface area contributed by atoms with Gasteiger partial charge in [-0.15, -0.1) is 11.3 Å². The van der Waals surface area contributed by atoms with Crippen LogP contribution >= 0.6 is 11.3 Å². The van der Waals surface area contributed by atoms with E-state index in [0.717, 1.165) is 4.88 Å². The average Bonchev–Trinajstić information content (AvgIpc) is 2.91. The van der Waals surface area contributed by atoms with Crippen molar-refractivity contribution < 1.29 is 9.53 Å². The molecule has 0 bridgehead atoms. The Morgan fingerprint density at radius 1 is 1.28 bits per heavy atom. The number of nitrogens with one attached hydrogen (secondary N) is 1. The first-order chi connectivity index (χ1) is 8.75. The predicted molar refractivity (Wildman–Crippen MR) is 72.8 cm³/mol. The Hall–Kier alpha value is -1.81. The molecule has 1 atom stereocenters. The molecular formula is C14H15NO2S. The Kier molecular flexibility index (Phi) is 4.36. The molecule has 2 aromatic rings. The van der Waals surface area contributed by atoms with Crippen LogP contribution in [0.25, 0.3) is 0 Å². The highest BCUT2D eigenvalue weighted by Crippen LogP contribution is 2.17. The molecule has 0 saturated carbocycles. The first-order valence-electron chi connectivity index (χ1n) is 5.76. The normalized spacial score (nSPS) is 11.8. The lowest BCUT2D eigenvalue weighted by Crippen LogP contribution is -2.30. The van der Waals surface area contributed by atoms with Crippen molar-refractivity contribution in [1.29, 1.82) is 0 Å². The van der Waals surface area contributed by atoms with Crippen molar-refractivity contribution in [2.45, 2.75) is 13.0 Å². The second-order valence-electron chi connectivity index (χ2n) is 3.91. The minimum absolute atomic E-state index is 0.0249. The highest BCUT2D eigenvalue weighted by molar-refractivity contribution is 7.10. The van der Waals surface area contributed by atoms with Gasteiger partial charge in [0, 0.05) is 4.88 Å². The fourth-order valence-corrected chi connectivity index (χ4v) is 2.29. The third-order valence-electron chi connectivity index (χ3n) is 2.46. The van der Waals surface area contributed by atoms with Gasteiger partial charge in [0.25, 0.3) is 5.91 Å². The van der Waals surface area contributed by atoms with Crippen LogP contribution in [0.3, 0.4) is 0 Å². The van der Waals surface area contributed by atoms with Crippen molar-refractivity contribution in [3.05, 3.63) is 52.7 Å². The number of thiophene rings is 1. The lowest BCUT2D eigenvalue weighted by Gasteiger charge is -2.12. The summed E-state index contributed by atoms with van der Waals surface area (Å²) in [4.78, 5) is 12.8. The van der Waals surface area contributed by atoms with E-state index < -0.39 is 0 Å². The van der Waals surface area contributed by atoms with Crippen LogP contribution in [-0.2, 0) is 4.79 Å². The van der Waals surface area contributed by atoms with Crippen molar-refractivity contribution in [1.82, 2.24) is 5.32 Å². The number of rotatable bonds is 5. The van der Waals surface area contributed by atoms with E-state index in [0.29, 0.717) is 5.75 Å². The molecule has 1 unspecified atom stereocenters. The number of hydrogen-bond donors (Lipinski definition) is 1. The summed E-state index contributed by atoms with van der Waals surface area (Å²) < 4.78 is 5.38. The number of para-hydroxylation sites is 1. The first-order valence-corrected chi connectivity index (χ1v) is 6.64. The lowest BCUT2D eigenvalue weighted by atomic mass is 10.3. The molecule has 0 aliphatic rings. The van der Waals surface area contributed by atoms with E-state index in [-0.39, 0.29) is 18.6 Å². The van der Waals surface area contributed by atoms with E-state index in [2.05, 4.69) is 5.32 Å². The van der Waals surface area contributed by atoms with Gasteiger partial charge in [-0.25, -0.2) is 0 Å². The Bertz CT molecular complexity index is 482. The number of hydrogen-bond acceptors (Lipinski definition) is 3. The maximum atomic E-state index is 11.7. The Labute approximate surface area is 110 Å². The molecule has 0 spiro atoms. The minimum atomic E-state index is -0.111. The molecule has 18 heavy (non-hydrogen) atoms. The topological polar surface area (TPSA) is 38.3 Å². The Morgan fingerprint density at radius 3 is 2.72 bits per heavy atom. The van der Waals surface area contributed by atoms with E-state index in [1.54, 1.807) is 11.3 Å². The average molecular weight is 261 g/mol. The standard InChI is InChI=1S/C14H15NO2S/c1-11(13-8-5-9-18-13)15-14(16)10-17-12-6-3-2-4-7-12/h2-9,11H,10H2,1H3,(H,15,16). The zero-order chi connectivity index (χ0) is 12.8. The van der Waals surface area contributed by atoms with Crippen molar-refractivity contribution in [2.24, 2.45) is 0 Å². The minimum Gasteiger partial charge on any atom is -0.484 e. The van der Waals surface area contributed by atoms with Crippen LogP contribution in [0.5, 0.6) is 5.75 Å². The smallest absolute Gasteiger partial charge is 0.258 e. The largest absolute Gasteiger partial charge is 0.484 e. The van der Waals surface area contributed by atoms with Gasteiger partial charge >= 0.3 is 0 Å². The van der Waals surface area contributed by atoms with Crippen LogP contribution in [0, 0.1) is 0 Å². The lowest BCUT2D eigenvalue weighted by molar-refractivity contribution is -0.123. The third kappa shape index (κ3) is 3.60. The van der Waals surface area contributed by atoms with E-state index in [1.807, 2.05) is 54.8 Å². The first kappa shape index (κ1) is 12.6. The van der Waals surface area contributed by atoms with E-state index in [1.165, 1.54) is 0 Å². The maximum Gasteiger partial charge on any atom is 0.258 e. The fourth-order valence-electron chi connectivity index (χ4n) is 1.56. The van der Waals surface area contributed by atoms with Gasteiger partial charge in [-0.05, 0) is 30.5 Å².